The maximum atomic E-state index is 14.4. The second-order valence-electron chi connectivity index (χ2n) is 14.6. The molecule has 0 aliphatic heterocycles. The molecule has 0 fully saturated rings. The van der Waals surface area contributed by atoms with Crippen molar-refractivity contribution in [2.75, 3.05) is 6.61 Å². The van der Waals surface area contributed by atoms with Gasteiger partial charge in [-0.1, -0.05) is 107 Å². The second kappa shape index (κ2) is 12.2. The van der Waals surface area contributed by atoms with Crippen LogP contribution in [0.4, 0.5) is 0 Å². The number of phenols is 2. The number of rotatable bonds is 6. The molecule has 0 aromatic heterocycles. The number of hydrogen-bond acceptors (Lipinski definition) is 4. The SMILES string of the molecule is CCOP(=O)(Cc1cc(C(C)(C)C)c(O)c(C(C)(C)C)c1)Cc1cc(C(C)(C)C)c(O)c(C(C)(C)C)c1.[CaH2]. The average molecular weight is 573 g/mol. The molecule has 0 heterocycles. The molecule has 0 bridgehead atoms. The molecular formula is C32H53CaO4P. The van der Waals surface area contributed by atoms with Crippen LogP contribution in [0.25, 0.3) is 0 Å². The van der Waals surface area contributed by atoms with Crippen LogP contribution >= 0.6 is 7.37 Å². The van der Waals surface area contributed by atoms with Crippen LogP contribution in [0.15, 0.2) is 24.3 Å². The Morgan fingerprint density at radius 2 is 0.842 bits per heavy atom. The van der Waals surface area contributed by atoms with Gasteiger partial charge in [-0.15, -0.1) is 0 Å². The maximum absolute atomic E-state index is 14.4. The summed E-state index contributed by atoms with van der Waals surface area (Å²) in [5, 5.41) is 22.3. The number of aromatic hydroxyl groups is 2. The van der Waals surface area contributed by atoms with Gasteiger partial charge in [0.25, 0.3) is 0 Å². The van der Waals surface area contributed by atoms with Crippen LogP contribution in [0, 0.1) is 0 Å². The molecule has 2 aromatic carbocycles. The molecule has 0 saturated carbocycles. The Morgan fingerprint density at radius 1 is 0.605 bits per heavy atom. The van der Waals surface area contributed by atoms with E-state index in [1.165, 1.54) is 0 Å². The van der Waals surface area contributed by atoms with E-state index in [1.54, 1.807) is 0 Å². The van der Waals surface area contributed by atoms with E-state index in [9.17, 15) is 14.8 Å². The van der Waals surface area contributed by atoms with Gasteiger partial charge in [0, 0.05) is 0 Å². The molecule has 2 N–H and O–H groups in total. The van der Waals surface area contributed by atoms with Gasteiger partial charge >= 0.3 is 37.7 Å². The predicted octanol–water partition coefficient (Wildman–Crippen LogP) is 8.39. The molecule has 0 atom stereocenters. The zero-order valence-electron chi connectivity index (χ0n) is 25.6. The number of hydrogen-bond donors (Lipinski definition) is 2. The third-order valence-electron chi connectivity index (χ3n) is 6.78. The topological polar surface area (TPSA) is 66.8 Å². The minimum absolute atomic E-state index is 0. The van der Waals surface area contributed by atoms with Crippen LogP contribution < -0.4 is 0 Å². The molecule has 212 valence electrons. The fraction of sp³-hybridized carbons (Fsp3) is 0.625. The fourth-order valence-electron chi connectivity index (χ4n) is 4.80. The van der Waals surface area contributed by atoms with Crippen molar-refractivity contribution >= 4 is 45.1 Å². The molecule has 0 amide bonds. The van der Waals surface area contributed by atoms with Crippen LogP contribution in [-0.4, -0.2) is 54.6 Å². The quantitative estimate of drug-likeness (QED) is 0.269. The first-order chi connectivity index (χ1) is 16.5. The van der Waals surface area contributed by atoms with Crippen molar-refractivity contribution in [2.24, 2.45) is 0 Å². The summed E-state index contributed by atoms with van der Waals surface area (Å²) in [5.74, 6) is 0.635. The Labute approximate surface area is 262 Å². The van der Waals surface area contributed by atoms with Crippen LogP contribution in [0.2, 0.25) is 0 Å². The molecule has 2 aromatic rings. The molecule has 6 heteroatoms. The Morgan fingerprint density at radius 3 is 1.03 bits per heavy atom. The monoisotopic (exact) mass is 572 g/mol. The van der Waals surface area contributed by atoms with Gasteiger partial charge in [0.05, 0.1) is 18.9 Å². The summed E-state index contributed by atoms with van der Waals surface area (Å²) in [6, 6.07) is 7.98. The molecule has 0 saturated heterocycles. The fourth-order valence-corrected chi connectivity index (χ4v) is 7.04. The van der Waals surface area contributed by atoms with Crippen LogP contribution in [0.1, 0.15) is 123 Å². The first kappa shape index (κ1) is 35.5. The summed E-state index contributed by atoms with van der Waals surface area (Å²) >= 11 is 0. The van der Waals surface area contributed by atoms with Crippen molar-refractivity contribution in [3.8, 4) is 11.5 Å². The van der Waals surface area contributed by atoms with Gasteiger partial charge in [0.15, 0.2) is 0 Å². The molecule has 0 aliphatic rings. The van der Waals surface area contributed by atoms with E-state index < -0.39 is 7.37 Å². The van der Waals surface area contributed by atoms with Crippen LogP contribution in [-0.2, 0) is 43.1 Å². The normalized spacial score (nSPS) is 13.4. The molecular weight excluding hydrogens is 519 g/mol. The van der Waals surface area contributed by atoms with E-state index in [1.807, 2.05) is 31.2 Å². The van der Waals surface area contributed by atoms with Crippen molar-refractivity contribution in [1.82, 2.24) is 0 Å². The van der Waals surface area contributed by atoms with E-state index in [0.717, 1.165) is 33.4 Å². The molecule has 0 unspecified atom stereocenters. The molecule has 0 radical (unpaired) electrons. The summed E-state index contributed by atoms with van der Waals surface area (Å²) in [4.78, 5) is 0. The van der Waals surface area contributed by atoms with Gasteiger partial charge in [-0.25, -0.2) is 0 Å². The average Bonchev–Trinajstić information content (AvgIpc) is 2.67. The zero-order chi connectivity index (χ0) is 28.8. The van der Waals surface area contributed by atoms with E-state index in [0.29, 0.717) is 18.1 Å². The van der Waals surface area contributed by atoms with E-state index >= 15 is 0 Å². The van der Waals surface area contributed by atoms with Crippen molar-refractivity contribution in [1.29, 1.82) is 0 Å². The van der Waals surface area contributed by atoms with Crippen LogP contribution in [0.3, 0.4) is 0 Å². The van der Waals surface area contributed by atoms with Crippen molar-refractivity contribution in [3.63, 3.8) is 0 Å². The van der Waals surface area contributed by atoms with Crippen molar-refractivity contribution < 1.29 is 19.3 Å². The van der Waals surface area contributed by atoms with Gasteiger partial charge in [0.1, 0.15) is 11.5 Å². The molecule has 4 nitrogen and oxygen atoms in total. The summed E-state index contributed by atoms with van der Waals surface area (Å²) in [7, 11) is -3.15. The Hall–Kier alpha value is -0.510. The third-order valence-corrected chi connectivity index (χ3v) is 9.21. The van der Waals surface area contributed by atoms with E-state index in [4.69, 9.17) is 4.52 Å². The van der Waals surface area contributed by atoms with Crippen LogP contribution in [0.5, 0.6) is 11.5 Å². The minimum atomic E-state index is -3.15. The first-order valence-corrected chi connectivity index (χ1v) is 15.5. The first-order valence-electron chi connectivity index (χ1n) is 13.5. The summed E-state index contributed by atoms with van der Waals surface area (Å²) < 4.78 is 20.4. The standard InChI is InChI=1S/C32H51O4P.Ca.2H/c1-14-36-37(35,19-21-15-23(29(2,3)4)27(33)24(16-21)30(5,6)7)20-22-17-25(31(8,9)10)28(34)26(18-22)32(11,12)13;;;/h15-18,33-34H,14,19-20H2,1-13H3;;;. The van der Waals surface area contributed by atoms with Gasteiger partial charge < -0.3 is 14.7 Å². The third kappa shape index (κ3) is 8.74. The second-order valence-corrected chi connectivity index (χ2v) is 17.1. The molecule has 2 rings (SSSR count). The van der Waals surface area contributed by atoms with E-state index in [-0.39, 0.29) is 71.7 Å². The Bertz CT molecular complexity index is 1010. The van der Waals surface area contributed by atoms with Crippen molar-refractivity contribution in [2.45, 2.75) is 124 Å². The number of phenolic OH excluding ortho intramolecular Hbond substituents is 2. The Kier molecular flexibility index (Phi) is 11.4. The predicted molar refractivity (Wildman–Crippen MR) is 166 cm³/mol. The van der Waals surface area contributed by atoms with Gasteiger partial charge in [-0.3, -0.25) is 4.57 Å². The Balaban J connectivity index is 0.00000722. The van der Waals surface area contributed by atoms with Gasteiger partial charge in [-0.05, 0) is 62.0 Å². The van der Waals surface area contributed by atoms with E-state index in [2.05, 4.69) is 83.1 Å². The molecule has 38 heavy (non-hydrogen) atoms. The molecule has 0 aliphatic carbocycles. The number of benzene rings is 2. The van der Waals surface area contributed by atoms with Gasteiger partial charge in [0.2, 0.25) is 7.37 Å². The molecule has 0 spiro atoms. The zero-order valence-corrected chi connectivity index (χ0v) is 26.5. The summed E-state index contributed by atoms with van der Waals surface area (Å²) in [6.45, 7) is 27.2. The summed E-state index contributed by atoms with van der Waals surface area (Å²) in [6.07, 6.45) is 0.563. The summed E-state index contributed by atoms with van der Waals surface area (Å²) in [5.41, 5.74) is 4.17. The van der Waals surface area contributed by atoms with Crippen molar-refractivity contribution in [3.05, 3.63) is 57.6 Å². The van der Waals surface area contributed by atoms with Gasteiger partial charge in [-0.2, -0.15) is 0 Å².